The number of nitrogens with two attached hydrogens (primary N) is 1. The van der Waals surface area contributed by atoms with Crippen LogP contribution < -0.4 is 11.1 Å². The van der Waals surface area contributed by atoms with Crippen molar-refractivity contribution >= 4 is 21.9 Å². The third kappa shape index (κ3) is 5.16. The molecule has 0 aliphatic carbocycles. The van der Waals surface area contributed by atoms with Crippen molar-refractivity contribution < 1.29 is 0 Å². The summed E-state index contributed by atoms with van der Waals surface area (Å²) < 4.78 is 1.08. The van der Waals surface area contributed by atoms with Gasteiger partial charge >= 0.3 is 0 Å². The molecule has 3 N–H and O–H groups in total. The summed E-state index contributed by atoms with van der Waals surface area (Å²) in [5.41, 5.74) is 6.88. The molecule has 0 aliphatic heterocycles. The van der Waals surface area contributed by atoms with E-state index < -0.39 is 0 Å². The van der Waals surface area contributed by atoms with Gasteiger partial charge in [-0.05, 0) is 23.6 Å². The van der Waals surface area contributed by atoms with Crippen molar-refractivity contribution in [1.29, 1.82) is 0 Å². The van der Waals surface area contributed by atoms with Gasteiger partial charge < -0.3 is 11.1 Å². The van der Waals surface area contributed by atoms with Crippen LogP contribution in [0.3, 0.4) is 0 Å². The maximum Gasteiger partial charge on any atom is 0.188 e. The monoisotopic (exact) mass is 283 g/mol. The molecular formula is C12H18BrN3. The topological polar surface area (TPSA) is 50.4 Å². The average molecular weight is 284 g/mol. The molecule has 1 rings (SSSR count). The van der Waals surface area contributed by atoms with Crippen molar-refractivity contribution in [2.45, 2.75) is 20.4 Å². The van der Waals surface area contributed by atoms with Crippen molar-refractivity contribution in [2.24, 2.45) is 16.6 Å². The predicted molar refractivity (Wildman–Crippen MR) is 72.3 cm³/mol. The Morgan fingerprint density at radius 1 is 1.38 bits per heavy atom. The molecule has 1 aromatic carbocycles. The quantitative estimate of drug-likeness (QED) is 0.659. The predicted octanol–water partition coefficient (Wildman–Crippen LogP) is 2.51. The summed E-state index contributed by atoms with van der Waals surface area (Å²) in [5.74, 6) is 1.08. The molecule has 0 spiro atoms. The highest BCUT2D eigenvalue weighted by molar-refractivity contribution is 9.10. The molecular weight excluding hydrogens is 266 g/mol. The van der Waals surface area contributed by atoms with Gasteiger partial charge in [-0.1, -0.05) is 41.9 Å². The minimum absolute atomic E-state index is 0.511. The molecule has 0 amide bonds. The molecule has 3 nitrogen and oxygen atoms in total. The second-order valence-electron chi connectivity index (χ2n) is 4.10. The zero-order valence-electron chi connectivity index (χ0n) is 9.70. The summed E-state index contributed by atoms with van der Waals surface area (Å²) in [6.07, 6.45) is 0. The summed E-state index contributed by atoms with van der Waals surface area (Å²) in [6, 6.07) is 8.07. The highest BCUT2D eigenvalue weighted by Gasteiger charge is 1.95. The highest BCUT2D eigenvalue weighted by Crippen LogP contribution is 2.10. The molecule has 0 atom stereocenters. The summed E-state index contributed by atoms with van der Waals surface area (Å²) in [5, 5.41) is 3.08. The molecule has 0 radical (unpaired) electrons. The number of halogens is 1. The van der Waals surface area contributed by atoms with Gasteiger partial charge in [0.1, 0.15) is 0 Å². The van der Waals surface area contributed by atoms with E-state index in [2.05, 4.69) is 40.1 Å². The lowest BCUT2D eigenvalue weighted by Gasteiger charge is -2.07. The Morgan fingerprint density at radius 2 is 2.00 bits per heavy atom. The third-order valence-electron chi connectivity index (χ3n) is 2.04. The van der Waals surface area contributed by atoms with Crippen LogP contribution >= 0.6 is 15.9 Å². The van der Waals surface area contributed by atoms with Crippen molar-refractivity contribution in [1.82, 2.24) is 5.32 Å². The molecule has 0 heterocycles. The van der Waals surface area contributed by atoms with Gasteiger partial charge in [-0.3, -0.25) is 0 Å². The fraction of sp³-hybridized carbons (Fsp3) is 0.417. The smallest absolute Gasteiger partial charge is 0.188 e. The van der Waals surface area contributed by atoms with Crippen molar-refractivity contribution in [3.63, 3.8) is 0 Å². The van der Waals surface area contributed by atoms with Crippen LogP contribution in [0.25, 0.3) is 0 Å². The maximum absolute atomic E-state index is 5.73. The van der Waals surface area contributed by atoms with E-state index in [1.54, 1.807) is 0 Å². The molecule has 0 aromatic heterocycles. The van der Waals surface area contributed by atoms with Gasteiger partial charge in [0, 0.05) is 11.0 Å². The molecule has 0 saturated carbocycles. The zero-order chi connectivity index (χ0) is 12.0. The molecule has 0 saturated heterocycles. The molecule has 16 heavy (non-hydrogen) atoms. The number of hydrogen-bond acceptors (Lipinski definition) is 1. The van der Waals surface area contributed by atoms with E-state index in [1.807, 2.05) is 24.3 Å². The van der Waals surface area contributed by atoms with Gasteiger partial charge in [0.05, 0.1) is 6.54 Å². The summed E-state index contributed by atoms with van der Waals surface area (Å²) in [4.78, 5) is 4.26. The molecule has 4 heteroatoms. The molecule has 0 fully saturated rings. The number of nitrogens with zero attached hydrogens (tertiary/aromatic N) is 1. The van der Waals surface area contributed by atoms with Gasteiger partial charge in [0.25, 0.3) is 0 Å². The Balaban J connectivity index is 2.43. The fourth-order valence-corrected chi connectivity index (χ4v) is 1.40. The average Bonchev–Trinajstić information content (AvgIpc) is 2.25. The Morgan fingerprint density at radius 3 is 2.56 bits per heavy atom. The van der Waals surface area contributed by atoms with E-state index >= 15 is 0 Å². The first-order valence-corrected chi connectivity index (χ1v) is 6.15. The first-order valence-electron chi connectivity index (χ1n) is 5.36. The number of rotatable bonds is 4. The van der Waals surface area contributed by atoms with E-state index in [0.29, 0.717) is 18.4 Å². The Bertz CT molecular complexity index is 344. The van der Waals surface area contributed by atoms with Crippen molar-refractivity contribution in [2.75, 3.05) is 6.54 Å². The third-order valence-corrected chi connectivity index (χ3v) is 2.57. The second kappa shape index (κ2) is 6.53. The summed E-state index contributed by atoms with van der Waals surface area (Å²) in [6.45, 7) is 5.74. The van der Waals surface area contributed by atoms with Crippen LogP contribution in [-0.2, 0) is 6.54 Å². The van der Waals surface area contributed by atoms with E-state index in [9.17, 15) is 0 Å². The molecule has 0 aliphatic rings. The van der Waals surface area contributed by atoms with Crippen molar-refractivity contribution in [3.05, 3.63) is 34.3 Å². The normalized spacial score (nSPS) is 11.9. The first kappa shape index (κ1) is 13.0. The van der Waals surface area contributed by atoms with E-state index in [4.69, 9.17) is 5.73 Å². The lowest BCUT2D eigenvalue weighted by Crippen LogP contribution is -2.34. The molecule has 88 valence electrons. The van der Waals surface area contributed by atoms with Crippen molar-refractivity contribution in [3.8, 4) is 0 Å². The van der Waals surface area contributed by atoms with Crippen LogP contribution in [0.5, 0.6) is 0 Å². The largest absolute Gasteiger partial charge is 0.370 e. The lowest BCUT2D eigenvalue weighted by atomic mass is 10.2. The first-order chi connectivity index (χ1) is 7.58. The number of guanidine groups is 1. The molecule has 0 unspecified atom stereocenters. The van der Waals surface area contributed by atoms with Crippen LogP contribution in [0.15, 0.2) is 33.7 Å². The minimum Gasteiger partial charge on any atom is -0.370 e. The van der Waals surface area contributed by atoms with Gasteiger partial charge in [-0.2, -0.15) is 0 Å². The van der Waals surface area contributed by atoms with Crippen LogP contribution in [0.4, 0.5) is 0 Å². The van der Waals surface area contributed by atoms with E-state index in [1.165, 1.54) is 0 Å². The summed E-state index contributed by atoms with van der Waals surface area (Å²) >= 11 is 3.39. The SMILES string of the molecule is CC(C)CNC(N)=NCc1ccc(Br)cc1. The standard InChI is InChI=1S/C12H18BrN3/c1-9(2)7-15-12(14)16-8-10-3-5-11(13)6-4-10/h3-6,9H,7-8H2,1-2H3,(H3,14,15,16). The Hall–Kier alpha value is -1.03. The number of hydrogen-bond donors (Lipinski definition) is 2. The van der Waals surface area contributed by atoms with E-state index in [-0.39, 0.29) is 0 Å². The summed E-state index contributed by atoms with van der Waals surface area (Å²) in [7, 11) is 0. The highest BCUT2D eigenvalue weighted by atomic mass is 79.9. The van der Waals surface area contributed by atoms with Gasteiger partial charge in [0.2, 0.25) is 0 Å². The zero-order valence-corrected chi connectivity index (χ0v) is 11.3. The molecule has 0 bridgehead atoms. The minimum atomic E-state index is 0.511. The van der Waals surface area contributed by atoms with Crippen LogP contribution in [0, 0.1) is 5.92 Å². The van der Waals surface area contributed by atoms with E-state index in [0.717, 1.165) is 16.6 Å². The number of benzene rings is 1. The van der Waals surface area contributed by atoms with Crippen LogP contribution in [0.1, 0.15) is 19.4 Å². The lowest BCUT2D eigenvalue weighted by molar-refractivity contribution is 0.622. The Labute approximate surface area is 105 Å². The second-order valence-corrected chi connectivity index (χ2v) is 5.02. The number of nitrogens with one attached hydrogen (secondary N) is 1. The van der Waals surface area contributed by atoms with Crippen LogP contribution in [0.2, 0.25) is 0 Å². The van der Waals surface area contributed by atoms with Gasteiger partial charge in [-0.15, -0.1) is 0 Å². The van der Waals surface area contributed by atoms with Gasteiger partial charge in [-0.25, -0.2) is 4.99 Å². The van der Waals surface area contributed by atoms with Gasteiger partial charge in [0.15, 0.2) is 5.96 Å². The molecule has 1 aromatic rings. The number of aliphatic imine (C=N–C) groups is 1. The fourth-order valence-electron chi connectivity index (χ4n) is 1.13. The Kier molecular flexibility index (Phi) is 5.32. The maximum atomic E-state index is 5.73. The van der Waals surface area contributed by atoms with Crippen LogP contribution in [-0.4, -0.2) is 12.5 Å².